The topological polar surface area (TPSA) is 134 Å². The van der Waals surface area contributed by atoms with E-state index < -0.39 is 41.8 Å². The number of aryl methyl sites for hydroxylation is 1. The van der Waals surface area contributed by atoms with Gasteiger partial charge in [0.2, 0.25) is 11.8 Å². The monoisotopic (exact) mass is 772 g/mol. The zero-order valence-corrected chi connectivity index (χ0v) is 32.0. The van der Waals surface area contributed by atoms with E-state index in [0.29, 0.717) is 5.69 Å². The minimum Gasteiger partial charge on any atom is -0.489 e. The summed E-state index contributed by atoms with van der Waals surface area (Å²) in [7, 11) is 0. The van der Waals surface area contributed by atoms with Crippen molar-refractivity contribution in [3.05, 3.63) is 143 Å². The average Bonchev–Trinajstić information content (AvgIpc) is 3.18. The third-order valence-corrected chi connectivity index (χ3v) is 8.39. The third-order valence-electron chi connectivity index (χ3n) is 8.39. The van der Waals surface area contributed by atoms with Crippen LogP contribution in [0.15, 0.2) is 104 Å². The summed E-state index contributed by atoms with van der Waals surface area (Å²) in [6.07, 6.45) is 0.416. The van der Waals surface area contributed by atoms with Gasteiger partial charge in [0.1, 0.15) is 30.0 Å². The van der Waals surface area contributed by atoms with Crippen LogP contribution in [0.2, 0.25) is 0 Å². The number of pyridine rings is 1. The number of hydrazine groups is 1. The Morgan fingerprint density at radius 3 is 2.20 bits per heavy atom. The number of nitrogens with zero attached hydrogens (tertiary/aromatic N) is 3. The number of aromatic nitrogens is 1. The molecule has 0 saturated carbocycles. The van der Waals surface area contributed by atoms with Crippen LogP contribution in [-0.4, -0.2) is 77.9 Å². The first kappa shape index (κ1) is 43.0. The van der Waals surface area contributed by atoms with E-state index in [0.717, 1.165) is 11.1 Å². The Kier molecular flexibility index (Phi) is 17.4. The molecule has 4 amide bonds. The van der Waals surface area contributed by atoms with Gasteiger partial charge in [-0.25, -0.2) is 18.6 Å². The molecule has 4 aromatic rings. The first-order valence-corrected chi connectivity index (χ1v) is 18.4. The maximum atomic E-state index is 15.8. The molecule has 1 aromatic heterocycles. The van der Waals surface area contributed by atoms with Gasteiger partial charge in [-0.15, -0.1) is 6.58 Å². The zero-order valence-electron chi connectivity index (χ0n) is 32.0. The summed E-state index contributed by atoms with van der Waals surface area (Å²) in [6, 6.07) is 23.9. The Hall–Kier alpha value is -5.70. The predicted molar refractivity (Wildman–Crippen MR) is 208 cm³/mol. The number of ether oxygens (including phenoxy) is 3. The number of urea groups is 1. The molecule has 1 heterocycles. The smallest absolute Gasteiger partial charge is 0.329 e. The number of halogens is 2. The lowest BCUT2D eigenvalue weighted by Crippen LogP contribution is -2.55. The molecule has 0 aliphatic carbocycles. The number of nitrogens with one attached hydrogen (secondary N) is 3. The minimum absolute atomic E-state index is 0.0779. The van der Waals surface area contributed by atoms with Crippen LogP contribution in [0.3, 0.4) is 0 Å². The highest BCUT2D eigenvalue weighted by Gasteiger charge is 2.30. The highest BCUT2D eigenvalue weighted by Crippen LogP contribution is 2.21. The van der Waals surface area contributed by atoms with Crippen molar-refractivity contribution >= 4 is 17.8 Å². The van der Waals surface area contributed by atoms with Gasteiger partial charge >= 0.3 is 6.03 Å². The van der Waals surface area contributed by atoms with Gasteiger partial charge in [0.05, 0.1) is 31.0 Å². The molecular formula is C42H50F2N6O6. The van der Waals surface area contributed by atoms with Crippen LogP contribution >= 0.6 is 0 Å². The Bertz CT molecular complexity index is 1860. The van der Waals surface area contributed by atoms with Crippen molar-refractivity contribution < 1.29 is 37.4 Å². The lowest BCUT2D eigenvalue weighted by molar-refractivity contribution is -0.161. The molecule has 0 unspecified atom stereocenters. The van der Waals surface area contributed by atoms with Gasteiger partial charge in [-0.2, -0.15) is 0 Å². The second kappa shape index (κ2) is 22.6. The molecule has 4 rings (SSSR count). The molecule has 0 fully saturated rings. The maximum Gasteiger partial charge on any atom is 0.329 e. The molecule has 14 heteroatoms. The van der Waals surface area contributed by atoms with Crippen LogP contribution in [0, 0.1) is 18.6 Å². The fraction of sp³-hybridized carbons (Fsp3) is 0.333. The fourth-order valence-electron chi connectivity index (χ4n) is 5.66. The van der Waals surface area contributed by atoms with Crippen molar-refractivity contribution in [2.75, 3.05) is 32.8 Å². The zero-order chi connectivity index (χ0) is 40.3. The van der Waals surface area contributed by atoms with Crippen LogP contribution in [-0.2, 0) is 45.2 Å². The summed E-state index contributed by atoms with van der Waals surface area (Å²) in [5, 5.41) is 6.83. The van der Waals surface area contributed by atoms with Crippen molar-refractivity contribution in [3.8, 4) is 5.75 Å². The Labute approximate surface area is 326 Å². The quantitative estimate of drug-likeness (QED) is 0.0534. The molecule has 1 atom stereocenters. The number of amides is 4. The van der Waals surface area contributed by atoms with Crippen molar-refractivity contribution in [3.63, 3.8) is 0 Å². The van der Waals surface area contributed by atoms with E-state index in [4.69, 9.17) is 14.2 Å². The van der Waals surface area contributed by atoms with E-state index in [2.05, 4.69) is 27.6 Å². The maximum absolute atomic E-state index is 15.8. The van der Waals surface area contributed by atoms with Gasteiger partial charge in [-0.05, 0) is 55.7 Å². The minimum atomic E-state index is -1.31. The van der Waals surface area contributed by atoms with E-state index in [1.165, 1.54) is 47.2 Å². The molecule has 298 valence electrons. The van der Waals surface area contributed by atoms with E-state index >= 15 is 4.39 Å². The molecule has 0 saturated heterocycles. The molecule has 0 aliphatic rings. The van der Waals surface area contributed by atoms with Crippen molar-refractivity contribution in [1.82, 2.24) is 31.0 Å². The normalized spacial score (nSPS) is 11.6. The van der Waals surface area contributed by atoms with Crippen LogP contribution in [0.4, 0.5) is 13.6 Å². The number of carbonyl (C=O) groups is 3. The number of carbonyl (C=O) groups excluding carboxylic acids is 3. The van der Waals surface area contributed by atoms with Crippen LogP contribution < -0.4 is 20.8 Å². The molecule has 3 N–H and O–H groups in total. The summed E-state index contributed by atoms with van der Waals surface area (Å²) in [5.74, 6) is -2.10. The highest BCUT2D eigenvalue weighted by molar-refractivity contribution is 5.89. The molecule has 0 aliphatic heterocycles. The van der Waals surface area contributed by atoms with Crippen LogP contribution in [0.5, 0.6) is 5.75 Å². The molecule has 0 spiro atoms. The summed E-state index contributed by atoms with van der Waals surface area (Å²) >= 11 is 0. The second-order valence-corrected chi connectivity index (χ2v) is 12.7. The molecular weight excluding hydrogens is 722 g/mol. The largest absolute Gasteiger partial charge is 0.489 e. The highest BCUT2D eigenvalue weighted by atomic mass is 19.1. The van der Waals surface area contributed by atoms with E-state index in [1.807, 2.05) is 60.7 Å². The van der Waals surface area contributed by atoms with Crippen molar-refractivity contribution in [2.24, 2.45) is 0 Å². The predicted octanol–water partition coefficient (Wildman–Crippen LogP) is 5.60. The second-order valence-electron chi connectivity index (χ2n) is 12.7. The number of benzene rings is 3. The SMILES string of the molecule is C=CCN(CC(=O)N[C@@H](Cc1ccc(OCc2ccccc2)cc1F)C(=O)N(Cc1ccc(F)c(C)n1)CC(OCC)OCC)NC(=O)NCc1ccccc1. The third kappa shape index (κ3) is 14.2. The number of rotatable bonds is 22. The lowest BCUT2D eigenvalue weighted by Gasteiger charge is -2.31. The number of hydrogen-bond acceptors (Lipinski definition) is 8. The van der Waals surface area contributed by atoms with Crippen molar-refractivity contribution in [2.45, 2.75) is 59.2 Å². The van der Waals surface area contributed by atoms with Gasteiger partial charge in [-0.3, -0.25) is 20.0 Å². The van der Waals surface area contributed by atoms with E-state index in [9.17, 15) is 18.8 Å². The van der Waals surface area contributed by atoms with E-state index in [-0.39, 0.29) is 76.0 Å². The lowest BCUT2D eigenvalue weighted by atomic mass is 10.0. The molecule has 3 aromatic carbocycles. The first-order valence-electron chi connectivity index (χ1n) is 18.4. The summed E-state index contributed by atoms with van der Waals surface area (Å²) < 4.78 is 47.2. The Balaban J connectivity index is 1.58. The Morgan fingerprint density at radius 2 is 1.57 bits per heavy atom. The summed E-state index contributed by atoms with van der Waals surface area (Å²) in [5.41, 5.74) is 5.09. The molecule has 56 heavy (non-hydrogen) atoms. The van der Waals surface area contributed by atoms with Gasteiger partial charge < -0.3 is 29.7 Å². The van der Waals surface area contributed by atoms with Crippen molar-refractivity contribution in [1.29, 1.82) is 0 Å². The molecule has 0 bridgehead atoms. The van der Waals surface area contributed by atoms with Gasteiger partial charge in [-0.1, -0.05) is 72.8 Å². The van der Waals surface area contributed by atoms with E-state index in [1.54, 1.807) is 19.9 Å². The fourth-order valence-corrected chi connectivity index (χ4v) is 5.66. The average molecular weight is 773 g/mol. The van der Waals surface area contributed by atoms with Gasteiger partial charge in [0.25, 0.3) is 0 Å². The molecule has 12 nitrogen and oxygen atoms in total. The standard InChI is InChI=1S/C42H50F2N6O6/c1-5-22-50(48-42(53)45-25-31-14-10-8-11-15-31)27-39(51)47-38(23-33-18-20-35(24-37(33)44)56-29-32-16-12-9-13-17-32)41(52)49(28-40(54-6-2)55-7-3)26-34-19-21-36(43)30(4)46-34/h5,8-21,24,38,40H,1,6-7,22-23,25-29H2,2-4H3,(H,47,51)(H2,45,48,53)/t38-/m0/s1. The summed E-state index contributed by atoms with van der Waals surface area (Å²) in [4.78, 5) is 46.7. The number of hydrogen-bond donors (Lipinski definition) is 3. The summed E-state index contributed by atoms with van der Waals surface area (Å²) in [6.45, 7) is 9.40. The van der Waals surface area contributed by atoms with Crippen LogP contribution in [0.25, 0.3) is 0 Å². The van der Waals surface area contributed by atoms with Gasteiger partial charge in [0, 0.05) is 38.8 Å². The molecule has 0 radical (unpaired) electrons. The first-order chi connectivity index (χ1) is 27.1. The Morgan fingerprint density at radius 1 is 0.893 bits per heavy atom. The van der Waals surface area contributed by atoms with Gasteiger partial charge in [0.15, 0.2) is 6.29 Å². The van der Waals surface area contributed by atoms with Crippen LogP contribution in [0.1, 0.15) is 41.9 Å².